The highest BCUT2D eigenvalue weighted by atomic mass is 32.2. The molecule has 154 valence electrons. The van der Waals surface area contributed by atoms with Crippen molar-refractivity contribution >= 4 is 55.4 Å². The molecule has 9 nitrogen and oxygen atoms in total. The lowest BCUT2D eigenvalue weighted by molar-refractivity contribution is -0.113. The van der Waals surface area contributed by atoms with Crippen LogP contribution in [0.4, 0.5) is 5.69 Å². The van der Waals surface area contributed by atoms with Crippen molar-refractivity contribution in [1.82, 2.24) is 19.7 Å². The predicted octanol–water partition coefficient (Wildman–Crippen LogP) is 2.38. The molecule has 4 rings (SSSR count). The zero-order valence-electron chi connectivity index (χ0n) is 15.9. The molecule has 4 aromatic rings. The molecule has 2 aromatic heterocycles. The van der Waals surface area contributed by atoms with E-state index < -0.39 is 10.0 Å². The molecular weight excluding hydrogens is 424 g/mol. The minimum absolute atomic E-state index is 0.0408. The van der Waals surface area contributed by atoms with Gasteiger partial charge in [0.25, 0.3) is 0 Å². The number of amides is 1. The Labute approximate surface area is 176 Å². The number of aromatic nitrogens is 4. The standard InChI is InChI=1S/C19H18N6O3S2/c1-2-25-15-9-4-3-8-14(15)17-18(25)22-19(24-23-17)29-11-16(26)21-12-6-5-7-13(10-12)30(20,27)28/h3-10H,2,11H2,1H3,(H,21,26)(H2,20,27,28). The molecule has 0 saturated carbocycles. The van der Waals surface area contributed by atoms with E-state index in [0.29, 0.717) is 10.8 Å². The van der Waals surface area contributed by atoms with E-state index in [1.807, 2.05) is 31.2 Å². The smallest absolute Gasteiger partial charge is 0.238 e. The molecule has 11 heteroatoms. The molecule has 0 aliphatic rings. The lowest BCUT2D eigenvalue weighted by atomic mass is 10.2. The number of carbonyl (C=O) groups is 1. The van der Waals surface area contributed by atoms with E-state index in [-0.39, 0.29) is 16.6 Å². The number of nitrogens with one attached hydrogen (secondary N) is 1. The maximum Gasteiger partial charge on any atom is 0.238 e. The average Bonchev–Trinajstić information content (AvgIpc) is 3.05. The topological polar surface area (TPSA) is 133 Å². The first kappa shape index (κ1) is 20.3. The van der Waals surface area contributed by atoms with Crippen LogP contribution in [0.2, 0.25) is 0 Å². The Kier molecular flexibility index (Phi) is 5.41. The van der Waals surface area contributed by atoms with E-state index in [0.717, 1.165) is 40.4 Å². The monoisotopic (exact) mass is 442 g/mol. The molecule has 0 bridgehead atoms. The third-order valence-corrected chi connectivity index (χ3v) is 6.20. The van der Waals surface area contributed by atoms with Crippen LogP contribution in [0.25, 0.3) is 22.1 Å². The van der Waals surface area contributed by atoms with Gasteiger partial charge < -0.3 is 9.88 Å². The largest absolute Gasteiger partial charge is 0.325 e. The number of hydrogen-bond acceptors (Lipinski definition) is 7. The van der Waals surface area contributed by atoms with Gasteiger partial charge in [-0.2, -0.15) is 0 Å². The summed E-state index contributed by atoms with van der Waals surface area (Å²) >= 11 is 1.15. The van der Waals surface area contributed by atoms with Crippen LogP contribution in [0.5, 0.6) is 0 Å². The fourth-order valence-electron chi connectivity index (χ4n) is 3.15. The fourth-order valence-corrected chi connectivity index (χ4v) is 4.29. The summed E-state index contributed by atoms with van der Waals surface area (Å²) in [4.78, 5) is 16.8. The highest BCUT2D eigenvalue weighted by Crippen LogP contribution is 2.27. The molecule has 0 spiro atoms. The minimum atomic E-state index is -3.84. The molecule has 0 radical (unpaired) electrons. The van der Waals surface area contributed by atoms with Gasteiger partial charge in [0.2, 0.25) is 21.1 Å². The van der Waals surface area contributed by atoms with Gasteiger partial charge in [0.1, 0.15) is 5.52 Å². The normalized spacial score (nSPS) is 11.8. The van der Waals surface area contributed by atoms with Gasteiger partial charge >= 0.3 is 0 Å². The number of carbonyl (C=O) groups excluding carboxylic acids is 1. The van der Waals surface area contributed by atoms with Gasteiger partial charge in [-0.25, -0.2) is 18.5 Å². The molecule has 2 heterocycles. The number of nitrogens with zero attached hydrogens (tertiary/aromatic N) is 4. The van der Waals surface area contributed by atoms with E-state index in [4.69, 9.17) is 5.14 Å². The minimum Gasteiger partial charge on any atom is -0.325 e. The highest BCUT2D eigenvalue weighted by Gasteiger charge is 2.15. The lowest BCUT2D eigenvalue weighted by Gasteiger charge is -2.06. The molecule has 0 aliphatic carbocycles. The maximum absolute atomic E-state index is 12.3. The quantitative estimate of drug-likeness (QED) is 0.438. The van der Waals surface area contributed by atoms with Crippen molar-refractivity contribution in [3.63, 3.8) is 0 Å². The Bertz CT molecular complexity index is 1370. The van der Waals surface area contributed by atoms with E-state index in [2.05, 4.69) is 25.1 Å². The lowest BCUT2D eigenvalue weighted by Crippen LogP contribution is -2.16. The van der Waals surface area contributed by atoms with Crippen molar-refractivity contribution in [2.45, 2.75) is 23.5 Å². The average molecular weight is 443 g/mol. The Balaban J connectivity index is 1.51. The number of primary sulfonamides is 1. The molecule has 3 N–H and O–H groups in total. The summed E-state index contributed by atoms with van der Waals surface area (Å²) in [5, 5.41) is 17.6. The van der Waals surface area contributed by atoms with Crippen LogP contribution in [0.3, 0.4) is 0 Å². The van der Waals surface area contributed by atoms with E-state index in [1.165, 1.54) is 18.2 Å². The summed E-state index contributed by atoms with van der Waals surface area (Å²) in [5.74, 6) is -0.287. The van der Waals surface area contributed by atoms with Crippen LogP contribution in [0.15, 0.2) is 58.6 Å². The van der Waals surface area contributed by atoms with Crippen LogP contribution in [-0.4, -0.2) is 39.8 Å². The molecule has 2 aromatic carbocycles. The van der Waals surface area contributed by atoms with Gasteiger partial charge in [0.15, 0.2) is 5.65 Å². The number of anilines is 1. The van der Waals surface area contributed by atoms with E-state index in [1.54, 1.807) is 6.07 Å². The third-order valence-electron chi connectivity index (χ3n) is 4.45. The maximum atomic E-state index is 12.3. The van der Waals surface area contributed by atoms with Gasteiger partial charge in [0, 0.05) is 17.6 Å². The van der Waals surface area contributed by atoms with Crippen molar-refractivity contribution in [3.8, 4) is 0 Å². The van der Waals surface area contributed by atoms with Crippen molar-refractivity contribution in [3.05, 3.63) is 48.5 Å². The third kappa shape index (κ3) is 3.99. The SMILES string of the molecule is CCn1c2ccccc2c2nnc(SCC(=O)Nc3cccc(S(N)(=O)=O)c3)nc21. The summed E-state index contributed by atoms with van der Waals surface area (Å²) < 4.78 is 24.9. The molecule has 0 unspecified atom stereocenters. The number of thioether (sulfide) groups is 1. The first-order valence-corrected chi connectivity index (χ1v) is 11.6. The van der Waals surface area contributed by atoms with Crippen LogP contribution in [-0.2, 0) is 21.4 Å². The van der Waals surface area contributed by atoms with E-state index in [9.17, 15) is 13.2 Å². The predicted molar refractivity (Wildman–Crippen MR) is 116 cm³/mol. The molecule has 0 atom stereocenters. The van der Waals surface area contributed by atoms with Crippen molar-refractivity contribution in [2.24, 2.45) is 5.14 Å². The van der Waals surface area contributed by atoms with Crippen LogP contribution in [0, 0.1) is 0 Å². The number of benzene rings is 2. The first-order valence-electron chi connectivity index (χ1n) is 9.04. The number of nitrogens with two attached hydrogens (primary N) is 1. The number of aryl methyl sites for hydroxylation is 1. The van der Waals surface area contributed by atoms with Crippen LogP contribution in [0.1, 0.15) is 6.92 Å². The Morgan fingerprint density at radius 3 is 2.73 bits per heavy atom. The van der Waals surface area contributed by atoms with Crippen molar-refractivity contribution in [1.29, 1.82) is 0 Å². The Morgan fingerprint density at radius 2 is 1.97 bits per heavy atom. The van der Waals surface area contributed by atoms with Gasteiger partial charge in [0.05, 0.1) is 16.2 Å². The van der Waals surface area contributed by atoms with E-state index >= 15 is 0 Å². The van der Waals surface area contributed by atoms with Gasteiger partial charge in [-0.05, 0) is 31.2 Å². The molecular formula is C19H18N6O3S2. The summed E-state index contributed by atoms with van der Waals surface area (Å²) in [6.45, 7) is 2.76. The Hall–Kier alpha value is -3.02. The zero-order chi connectivity index (χ0) is 21.3. The number of fused-ring (bicyclic) bond motifs is 3. The molecule has 0 saturated heterocycles. The summed E-state index contributed by atoms with van der Waals surface area (Å²) in [6.07, 6.45) is 0. The second-order valence-electron chi connectivity index (χ2n) is 6.44. The molecule has 1 amide bonds. The van der Waals surface area contributed by atoms with Crippen LogP contribution < -0.4 is 10.5 Å². The molecule has 0 fully saturated rings. The number of para-hydroxylation sites is 1. The summed E-state index contributed by atoms with van der Waals surface area (Å²) in [7, 11) is -3.84. The fraction of sp³-hybridized carbons (Fsp3) is 0.158. The number of sulfonamides is 1. The van der Waals surface area contributed by atoms with Gasteiger partial charge in [-0.3, -0.25) is 4.79 Å². The second-order valence-corrected chi connectivity index (χ2v) is 8.94. The second kappa shape index (κ2) is 8.01. The van der Waals surface area contributed by atoms with Gasteiger partial charge in [-0.15, -0.1) is 10.2 Å². The molecule has 30 heavy (non-hydrogen) atoms. The van der Waals surface area contributed by atoms with Crippen molar-refractivity contribution in [2.75, 3.05) is 11.1 Å². The number of rotatable bonds is 6. The zero-order valence-corrected chi connectivity index (χ0v) is 17.6. The Morgan fingerprint density at radius 1 is 1.17 bits per heavy atom. The van der Waals surface area contributed by atoms with Crippen molar-refractivity contribution < 1.29 is 13.2 Å². The summed E-state index contributed by atoms with van der Waals surface area (Å²) in [6, 6.07) is 13.7. The number of hydrogen-bond donors (Lipinski definition) is 2. The van der Waals surface area contributed by atoms with Crippen LogP contribution >= 0.6 is 11.8 Å². The van der Waals surface area contributed by atoms with Gasteiger partial charge in [-0.1, -0.05) is 36.0 Å². The first-order chi connectivity index (χ1) is 14.4. The molecule has 0 aliphatic heterocycles. The highest BCUT2D eigenvalue weighted by molar-refractivity contribution is 7.99. The summed E-state index contributed by atoms with van der Waals surface area (Å²) in [5.41, 5.74) is 2.82.